The number of nitrogens with two attached hydrogens (primary N) is 1. The normalized spacial score (nSPS) is 20.6. The molecule has 3 N–H and O–H groups in total. The van der Waals surface area contributed by atoms with E-state index in [-0.39, 0.29) is 16.3 Å². The van der Waals surface area contributed by atoms with Crippen LogP contribution in [0, 0.1) is 6.92 Å². The van der Waals surface area contributed by atoms with E-state index < -0.39 is 10.0 Å². The SMILES string of the molecule is Cc1[nH]nc(S(=O)(=O)N2CCSC(C)(C)C2)c1CN. The summed E-state index contributed by atoms with van der Waals surface area (Å²) in [5, 5.41) is 6.73. The number of rotatable bonds is 3. The predicted molar refractivity (Wildman–Crippen MR) is 76.5 cm³/mol. The van der Waals surface area contributed by atoms with Crippen molar-refractivity contribution in [3.05, 3.63) is 11.3 Å². The van der Waals surface area contributed by atoms with Gasteiger partial charge in [-0.25, -0.2) is 8.42 Å². The van der Waals surface area contributed by atoms with Crippen molar-refractivity contribution in [2.24, 2.45) is 5.73 Å². The minimum absolute atomic E-state index is 0.0699. The van der Waals surface area contributed by atoms with Crippen LogP contribution in [0.15, 0.2) is 5.03 Å². The molecule has 2 heterocycles. The largest absolute Gasteiger partial charge is 0.326 e. The van der Waals surface area contributed by atoms with Gasteiger partial charge < -0.3 is 5.73 Å². The number of sulfonamides is 1. The van der Waals surface area contributed by atoms with Gasteiger partial charge in [-0.1, -0.05) is 0 Å². The van der Waals surface area contributed by atoms with Crippen molar-refractivity contribution >= 4 is 21.8 Å². The van der Waals surface area contributed by atoms with E-state index in [0.29, 0.717) is 24.3 Å². The average molecular weight is 304 g/mol. The Labute approximate surface area is 118 Å². The molecule has 0 unspecified atom stereocenters. The van der Waals surface area contributed by atoms with Crippen LogP contribution in [0.4, 0.5) is 0 Å². The molecule has 0 saturated carbocycles. The second kappa shape index (κ2) is 5.08. The summed E-state index contributed by atoms with van der Waals surface area (Å²) in [6.45, 7) is 7.08. The van der Waals surface area contributed by atoms with Crippen molar-refractivity contribution < 1.29 is 8.42 Å². The molecule has 108 valence electrons. The van der Waals surface area contributed by atoms with Gasteiger partial charge in [0.1, 0.15) is 0 Å². The molecule has 0 bridgehead atoms. The summed E-state index contributed by atoms with van der Waals surface area (Å²) in [6, 6.07) is 0. The first kappa shape index (κ1) is 14.8. The van der Waals surface area contributed by atoms with Gasteiger partial charge in [0.25, 0.3) is 10.0 Å². The van der Waals surface area contributed by atoms with Crippen molar-refractivity contribution in [1.29, 1.82) is 0 Å². The third-order valence-electron chi connectivity index (χ3n) is 3.21. The van der Waals surface area contributed by atoms with Crippen LogP contribution in [-0.4, -0.2) is 46.5 Å². The van der Waals surface area contributed by atoms with Gasteiger partial charge in [0, 0.05) is 41.4 Å². The number of aryl methyl sites for hydroxylation is 1. The minimum Gasteiger partial charge on any atom is -0.326 e. The highest BCUT2D eigenvalue weighted by Crippen LogP contribution is 2.32. The quantitative estimate of drug-likeness (QED) is 0.857. The Hall–Kier alpha value is -0.570. The molecule has 0 radical (unpaired) electrons. The topological polar surface area (TPSA) is 92.1 Å². The number of hydrogen-bond donors (Lipinski definition) is 2. The van der Waals surface area contributed by atoms with Crippen molar-refractivity contribution in [3.8, 4) is 0 Å². The fourth-order valence-electron chi connectivity index (χ4n) is 2.18. The summed E-state index contributed by atoms with van der Waals surface area (Å²) in [4.78, 5) is 0. The summed E-state index contributed by atoms with van der Waals surface area (Å²) >= 11 is 1.79. The zero-order valence-electron chi connectivity index (χ0n) is 11.4. The highest BCUT2D eigenvalue weighted by molar-refractivity contribution is 8.00. The summed E-state index contributed by atoms with van der Waals surface area (Å²) in [5.74, 6) is 0.799. The van der Waals surface area contributed by atoms with Crippen molar-refractivity contribution in [2.45, 2.75) is 37.1 Å². The van der Waals surface area contributed by atoms with Gasteiger partial charge in [-0.2, -0.15) is 21.2 Å². The second-order valence-corrected chi connectivity index (χ2v) is 8.94. The molecule has 1 aromatic rings. The Balaban J connectivity index is 2.37. The number of nitrogens with zero attached hydrogens (tertiary/aromatic N) is 2. The van der Waals surface area contributed by atoms with Gasteiger partial charge in [-0.3, -0.25) is 5.10 Å². The summed E-state index contributed by atoms with van der Waals surface area (Å²) in [7, 11) is -3.56. The van der Waals surface area contributed by atoms with Gasteiger partial charge >= 0.3 is 0 Å². The molecule has 0 amide bonds. The van der Waals surface area contributed by atoms with E-state index >= 15 is 0 Å². The molecule has 1 aromatic heterocycles. The monoisotopic (exact) mass is 304 g/mol. The first-order valence-corrected chi connectivity index (χ1v) is 8.58. The van der Waals surface area contributed by atoms with Crippen molar-refractivity contribution in [2.75, 3.05) is 18.8 Å². The number of nitrogens with one attached hydrogen (secondary N) is 1. The van der Waals surface area contributed by atoms with Crippen LogP contribution in [-0.2, 0) is 16.6 Å². The fourth-order valence-corrected chi connectivity index (χ4v) is 5.27. The first-order valence-electron chi connectivity index (χ1n) is 6.16. The lowest BCUT2D eigenvalue weighted by Crippen LogP contribution is -2.46. The number of hydrogen-bond acceptors (Lipinski definition) is 5. The van der Waals surface area contributed by atoms with E-state index in [9.17, 15) is 8.42 Å². The summed E-state index contributed by atoms with van der Waals surface area (Å²) < 4.78 is 26.7. The maximum absolute atomic E-state index is 12.6. The molecule has 1 aliphatic heterocycles. The van der Waals surface area contributed by atoms with Crippen LogP contribution in [0.25, 0.3) is 0 Å². The number of H-pyrrole nitrogens is 1. The lowest BCUT2D eigenvalue weighted by Gasteiger charge is -2.36. The van der Waals surface area contributed by atoms with Crippen LogP contribution in [0.5, 0.6) is 0 Å². The number of thioether (sulfide) groups is 1. The third kappa shape index (κ3) is 2.81. The van der Waals surface area contributed by atoms with Crippen LogP contribution in [0.2, 0.25) is 0 Å². The van der Waals surface area contributed by atoms with Crippen LogP contribution < -0.4 is 5.73 Å². The molecule has 0 atom stereocenters. The number of aromatic amines is 1. The van der Waals surface area contributed by atoms with E-state index in [4.69, 9.17) is 5.73 Å². The van der Waals surface area contributed by atoms with E-state index in [0.717, 1.165) is 5.75 Å². The van der Waals surface area contributed by atoms with Gasteiger partial charge in [-0.15, -0.1) is 0 Å². The molecule has 2 rings (SSSR count). The Morgan fingerprint density at radius 2 is 2.21 bits per heavy atom. The van der Waals surface area contributed by atoms with Crippen LogP contribution in [0.1, 0.15) is 25.1 Å². The Bertz CT molecular complexity index is 565. The average Bonchev–Trinajstić information content (AvgIpc) is 2.69. The smallest absolute Gasteiger partial charge is 0.262 e. The molecule has 1 fully saturated rings. The van der Waals surface area contributed by atoms with Gasteiger partial charge in [0.15, 0.2) is 5.03 Å². The lowest BCUT2D eigenvalue weighted by molar-refractivity contribution is 0.385. The van der Waals surface area contributed by atoms with Crippen molar-refractivity contribution in [3.63, 3.8) is 0 Å². The highest BCUT2D eigenvalue weighted by atomic mass is 32.2. The lowest BCUT2D eigenvalue weighted by atomic mass is 10.2. The van der Waals surface area contributed by atoms with Crippen molar-refractivity contribution in [1.82, 2.24) is 14.5 Å². The summed E-state index contributed by atoms with van der Waals surface area (Å²) in [5.41, 5.74) is 6.92. The zero-order chi connectivity index (χ0) is 14.3. The second-order valence-electron chi connectivity index (χ2n) is 5.28. The molecule has 8 heteroatoms. The maximum atomic E-state index is 12.6. The van der Waals surface area contributed by atoms with E-state index in [1.54, 1.807) is 18.7 Å². The Morgan fingerprint density at radius 3 is 2.79 bits per heavy atom. The van der Waals surface area contributed by atoms with E-state index in [2.05, 4.69) is 24.0 Å². The Kier molecular flexibility index (Phi) is 3.97. The standard InChI is InChI=1S/C11H20N4O2S2/c1-8-9(6-12)10(14-13-8)19(16,17)15-4-5-18-11(2,3)7-15/h4-7,12H2,1-3H3,(H,13,14). The summed E-state index contributed by atoms with van der Waals surface area (Å²) in [6.07, 6.45) is 0. The maximum Gasteiger partial charge on any atom is 0.262 e. The molecule has 1 saturated heterocycles. The molecule has 0 aromatic carbocycles. The van der Waals surface area contributed by atoms with Gasteiger partial charge in [0.05, 0.1) is 0 Å². The van der Waals surface area contributed by atoms with E-state index in [1.807, 2.05) is 0 Å². The Morgan fingerprint density at radius 1 is 1.53 bits per heavy atom. The molecule has 19 heavy (non-hydrogen) atoms. The molecular weight excluding hydrogens is 284 g/mol. The zero-order valence-corrected chi connectivity index (χ0v) is 13.1. The van der Waals surface area contributed by atoms with Crippen LogP contribution in [0.3, 0.4) is 0 Å². The predicted octanol–water partition coefficient (Wildman–Crippen LogP) is 0.693. The third-order valence-corrected chi connectivity index (χ3v) is 6.33. The van der Waals surface area contributed by atoms with Crippen LogP contribution >= 0.6 is 11.8 Å². The molecule has 6 nitrogen and oxygen atoms in total. The fraction of sp³-hybridized carbons (Fsp3) is 0.727. The molecule has 1 aliphatic rings. The molecule has 0 aliphatic carbocycles. The first-order chi connectivity index (χ1) is 8.78. The number of aromatic nitrogens is 2. The highest BCUT2D eigenvalue weighted by Gasteiger charge is 2.37. The van der Waals surface area contributed by atoms with Gasteiger partial charge in [0.2, 0.25) is 0 Å². The minimum atomic E-state index is -3.56. The molecule has 0 spiro atoms. The van der Waals surface area contributed by atoms with Gasteiger partial charge in [-0.05, 0) is 20.8 Å². The van der Waals surface area contributed by atoms with E-state index in [1.165, 1.54) is 4.31 Å². The molecular formula is C11H20N4O2S2.